The summed E-state index contributed by atoms with van der Waals surface area (Å²) >= 11 is 0. The van der Waals surface area contributed by atoms with Crippen LogP contribution in [0.2, 0.25) is 0 Å². The van der Waals surface area contributed by atoms with Crippen molar-refractivity contribution in [3.63, 3.8) is 0 Å². The van der Waals surface area contributed by atoms with Crippen LogP contribution in [0.15, 0.2) is 76.4 Å². The molecule has 0 spiro atoms. The highest BCUT2D eigenvalue weighted by molar-refractivity contribution is 6.03. The van der Waals surface area contributed by atoms with Gasteiger partial charge in [0.2, 0.25) is 0 Å². The molecule has 178 valence electrons. The molecule has 0 aliphatic carbocycles. The standard InChI is InChI=1S/C28H29N5O2/c1-21-5-9-23(10-6-21)25-18-26(27-4-2-17-35-27)33(30-25)28(34)20-31-13-3-14-32(16-15-31)24-11-7-22(19-29)8-12-24/h2,4-12,17,26H,3,13-16,18,20H2,1H3. The zero-order valence-electron chi connectivity index (χ0n) is 19.9. The van der Waals surface area contributed by atoms with Crippen molar-refractivity contribution < 1.29 is 9.21 Å². The summed E-state index contributed by atoms with van der Waals surface area (Å²) in [4.78, 5) is 18.0. The van der Waals surface area contributed by atoms with Crippen LogP contribution in [-0.2, 0) is 4.79 Å². The molecule has 0 bridgehead atoms. The highest BCUT2D eigenvalue weighted by Gasteiger charge is 2.35. The number of rotatable bonds is 5. The Morgan fingerprint density at radius 2 is 1.86 bits per heavy atom. The highest BCUT2D eigenvalue weighted by atomic mass is 16.3. The summed E-state index contributed by atoms with van der Waals surface area (Å²) in [7, 11) is 0. The highest BCUT2D eigenvalue weighted by Crippen LogP contribution is 2.33. The van der Waals surface area contributed by atoms with Crippen LogP contribution in [0.25, 0.3) is 0 Å². The third-order valence-corrected chi connectivity index (χ3v) is 6.73. The van der Waals surface area contributed by atoms with Gasteiger partial charge in [-0.2, -0.15) is 10.4 Å². The van der Waals surface area contributed by atoms with Gasteiger partial charge in [0, 0.05) is 38.3 Å². The molecule has 2 aliphatic rings. The second kappa shape index (κ2) is 10.2. The average Bonchev–Trinajstić information content (AvgIpc) is 3.51. The monoisotopic (exact) mass is 467 g/mol. The minimum atomic E-state index is -0.226. The van der Waals surface area contributed by atoms with E-state index in [1.165, 1.54) is 5.56 Å². The Morgan fingerprint density at radius 1 is 1.06 bits per heavy atom. The predicted octanol–water partition coefficient (Wildman–Crippen LogP) is 4.35. The maximum atomic E-state index is 13.5. The molecule has 1 amide bonds. The Labute approximate surface area is 205 Å². The lowest BCUT2D eigenvalue weighted by atomic mass is 10.0. The molecule has 35 heavy (non-hydrogen) atoms. The van der Waals surface area contributed by atoms with E-state index in [0.29, 0.717) is 18.5 Å². The Hall–Kier alpha value is -3.89. The van der Waals surface area contributed by atoms with E-state index in [9.17, 15) is 4.79 Å². The van der Waals surface area contributed by atoms with Gasteiger partial charge in [0.25, 0.3) is 5.91 Å². The molecule has 1 saturated heterocycles. The summed E-state index contributed by atoms with van der Waals surface area (Å²) in [6.45, 7) is 5.78. The number of carbonyl (C=O) groups excluding carboxylic acids is 1. The Kier molecular flexibility index (Phi) is 6.64. The van der Waals surface area contributed by atoms with Gasteiger partial charge >= 0.3 is 0 Å². The van der Waals surface area contributed by atoms with E-state index in [-0.39, 0.29) is 11.9 Å². The first-order valence-corrected chi connectivity index (χ1v) is 12.1. The lowest BCUT2D eigenvalue weighted by Crippen LogP contribution is -2.40. The van der Waals surface area contributed by atoms with Crippen molar-refractivity contribution in [2.75, 3.05) is 37.6 Å². The van der Waals surface area contributed by atoms with Gasteiger partial charge in [-0.3, -0.25) is 9.69 Å². The summed E-state index contributed by atoms with van der Waals surface area (Å²) in [5, 5.41) is 15.4. The summed E-state index contributed by atoms with van der Waals surface area (Å²) in [5.41, 5.74) is 4.91. The molecule has 7 heteroatoms. The molecule has 3 heterocycles. The average molecular weight is 468 g/mol. The zero-order chi connectivity index (χ0) is 24.2. The summed E-state index contributed by atoms with van der Waals surface area (Å²) in [6, 6.07) is 21.7. The molecule has 1 fully saturated rings. The molecular weight excluding hydrogens is 438 g/mol. The van der Waals surface area contributed by atoms with Crippen molar-refractivity contribution in [2.24, 2.45) is 5.10 Å². The number of carbonyl (C=O) groups is 1. The number of amides is 1. The number of benzene rings is 2. The fraction of sp³-hybridized carbons (Fsp3) is 0.321. The van der Waals surface area contributed by atoms with Crippen molar-refractivity contribution in [1.29, 1.82) is 5.26 Å². The number of furan rings is 1. The minimum Gasteiger partial charge on any atom is -0.467 e. The fourth-order valence-corrected chi connectivity index (χ4v) is 4.76. The number of aryl methyl sites for hydroxylation is 1. The van der Waals surface area contributed by atoms with E-state index in [1.54, 1.807) is 11.3 Å². The van der Waals surface area contributed by atoms with Gasteiger partial charge in [-0.05, 0) is 55.3 Å². The summed E-state index contributed by atoms with van der Waals surface area (Å²) in [5.74, 6) is 0.743. The normalized spacial score (nSPS) is 18.7. The fourth-order valence-electron chi connectivity index (χ4n) is 4.76. The maximum Gasteiger partial charge on any atom is 0.257 e. The van der Waals surface area contributed by atoms with Gasteiger partial charge < -0.3 is 9.32 Å². The van der Waals surface area contributed by atoms with Gasteiger partial charge in [-0.25, -0.2) is 5.01 Å². The Bertz CT molecular complexity index is 1230. The van der Waals surface area contributed by atoms with Gasteiger partial charge in [-0.15, -0.1) is 0 Å². The molecule has 5 rings (SSSR count). The first-order valence-electron chi connectivity index (χ1n) is 12.1. The number of hydrogen-bond donors (Lipinski definition) is 0. The number of hydrogen-bond acceptors (Lipinski definition) is 6. The van der Waals surface area contributed by atoms with Gasteiger partial charge in [0.15, 0.2) is 0 Å². The van der Waals surface area contributed by atoms with Crippen LogP contribution in [0.1, 0.15) is 41.3 Å². The van der Waals surface area contributed by atoms with E-state index in [0.717, 1.165) is 55.3 Å². The first kappa shape index (κ1) is 22.9. The molecule has 7 nitrogen and oxygen atoms in total. The number of nitrogens with zero attached hydrogens (tertiary/aromatic N) is 5. The summed E-state index contributed by atoms with van der Waals surface area (Å²) in [6.07, 6.45) is 3.25. The molecule has 2 aliphatic heterocycles. The minimum absolute atomic E-state index is 0.0136. The van der Waals surface area contributed by atoms with Gasteiger partial charge in [0.05, 0.1) is 30.2 Å². The zero-order valence-corrected chi connectivity index (χ0v) is 19.9. The molecular formula is C28H29N5O2. The SMILES string of the molecule is Cc1ccc(C2=NN(C(=O)CN3CCCN(c4ccc(C#N)cc4)CC3)C(c3ccco3)C2)cc1. The van der Waals surface area contributed by atoms with Crippen LogP contribution < -0.4 is 4.90 Å². The first-order chi connectivity index (χ1) is 17.1. The number of hydrazone groups is 1. The molecule has 1 unspecified atom stereocenters. The molecule has 3 aromatic rings. The van der Waals surface area contributed by atoms with E-state index in [1.807, 2.05) is 36.4 Å². The van der Waals surface area contributed by atoms with Gasteiger partial charge in [0.1, 0.15) is 11.8 Å². The smallest absolute Gasteiger partial charge is 0.257 e. The quantitative estimate of drug-likeness (QED) is 0.558. The van der Waals surface area contributed by atoms with E-state index < -0.39 is 0 Å². The van der Waals surface area contributed by atoms with Crippen LogP contribution >= 0.6 is 0 Å². The third-order valence-electron chi connectivity index (χ3n) is 6.73. The van der Waals surface area contributed by atoms with Crippen LogP contribution in [0, 0.1) is 18.3 Å². The second-order valence-electron chi connectivity index (χ2n) is 9.16. The second-order valence-corrected chi connectivity index (χ2v) is 9.16. The van der Waals surface area contributed by atoms with Gasteiger partial charge in [-0.1, -0.05) is 29.8 Å². The molecule has 1 aromatic heterocycles. The van der Waals surface area contributed by atoms with E-state index in [2.05, 4.69) is 47.1 Å². The Balaban J connectivity index is 1.28. The van der Waals surface area contributed by atoms with Crippen LogP contribution in [-0.4, -0.2) is 54.3 Å². The third kappa shape index (κ3) is 5.13. The molecule has 0 saturated carbocycles. The summed E-state index contributed by atoms with van der Waals surface area (Å²) < 4.78 is 5.68. The van der Waals surface area contributed by atoms with E-state index in [4.69, 9.17) is 14.8 Å². The number of nitriles is 1. The van der Waals surface area contributed by atoms with Crippen molar-refractivity contribution in [3.8, 4) is 6.07 Å². The maximum absolute atomic E-state index is 13.5. The largest absolute Gasteiger partial charge is 0.467 e. The lowest BCUT2D eigenvalue weighted by Gasteiger charge is -2.25. The lowest BCUT2D eigenvalue weighted by molar-refractivity contribution is -0.134. The van der Waals surface area contributed by atoms with Crippen molar-refractivity contribution in [2.45, 2.75) is 25.8 Å². The van der Waals surface area contributed by atoms with Crippen molar-refractivity contribution >= 4 is 17.3 Å². The molecule has 0 N–H and O–H groups in total. The van der Waals surface area contributed by atoms with E-state index >= 15 is 0 Å². The van der Waals surface area contributed by atoms with Crippen LogP contribution in [0.4, 0.5) is 5.69 Å². The topological polar surface area (TPSA) is 76.1 Å². The van der Waals surface area contributed by atoms with Crippen molar-refractivity contribution in [1.82, 2.24) is 9.91 Å². The molecule has 2 aromatic carbocycles. The van der Waals surface area contributed by atoms with Crippen LogP contribution in [0.3, 0.4) is 0 Å². The van der Waals surface area contributed by atoms with Crippen molar-refractivity contribution in [3.05, 3.63) is 89.4 Å². The number of anilines is 1. The van der Waals surface area contributed by atoms with Crippen LogP contribution in [0.5, 0.6) is 0 Å². The Morgan fingerprint density at radius 3 is 2.57 bits per heavy atom. The molecule has 0 radical (unpaired) electrons. The molecule has 1 atom stereocenters. The predicted molar refractivity (Wildman–Crippen MR) is 135 cm³/mol.